The molecule has 0 saturated heterocycles. The van der Waals surface area contributed by atoms with Crippen LogP contribution < -0.4 is 0 Å². The number of nitrogens with zero attached hydrogens (tertiary/aromatic N) is 2. The van der Waals surface area contributed by atoms with Gasteiger partial charge in [0.05, 0.1) is 6.20 Å². The number of aromatic nitrogens is 2. The zero-order chi connectivity index (χ0) is 10.0. The summed E-state index contributed by atoms with van der Waals surface area (Å²) in [6.45, 7) is 5.63. The van der Waals surface area contributed by atoms with Crippen molar-refractivity contribution in [2.24, 2.45) is 5.92 Å². The van der Waals surface area contributed by atoms with Crippen molar-refractivity contribution in [1.82, 2.24) is 9.78 Å². The lowest BCUT2D eigenvalue weighted by molar-refractivity contribution is -0.142. The first-order valence-electron chi connectivity index (χ1n) is 4.26. The Morgan fingerprint density at radius 1 is 1.62 bits per heavy atom. The Kier molecular flexibility index (Phi) is 2.70. The van der Waals surface area contributed by atoms with E-state index in [1.807, 2.05) is 20.8 Å². The standard InChI is InChI=1S/C9H14N2O2/c1-6(2)8(9(12)13)11-5-7(3)4-10-11/h4-6,8H,1-3H3,(H,12,13)/t8-/m1/s1. The third kappa shape index (κ3) is 2.08. The molecule has 1 aromatic heterocycles. The summed E-state index contributed by atoms with van der Waals surface area (Å²) in [5.41, 5.74) is 0.979. The molecule has 4 heteroatoms. The number of rotatable bonds is 3. The zero-order valence-electron chi connectivity index (χ0n) is 8.06. The lowest BCUT2D eigenvalue weighted by atomic mass is 10.1. The highest BCUT2D eigenvalue weighted by atomic mass is 16.4. The summed E-state index contributed by atoms with van der Waals surface area (Å²) in [7, 11) is 0. The molecule has 0 radical (unpaired) electrons. The van der Waals surface area contributed by atoms with Crippen molar-refractivity contribution in [1.29, 1.82) is 0 Å². The quantitative estimate of drug-likeness (QED) is 0.770. The van der Waals surface area contributed by atoms with Gasteiger partial charge in [-0.15, -0.1) is 0 Å². The van der Waals surface area contributed by atoms with E-state index < -0.39 is 12.0 Å². The van der Waals surface area contributed by atoms with E-state index in [4.69, 9.17) is 5.11 Å². The van der Waals surface area contributed by atoms with Crippen LogP contribution in [0.4, 0.5) is 0 Å². The Morgan fingerprint density at radius 3 is 2.54 bits per heavy atom. The van der Waals surface area contributed by atoms with Crippen LogP contribution in [0.25, 0.3) is 0 Å². The fourth-order valence-corrected chi connectivity index (χ4v) is 1.29. The van der Waals surface area contributed by atoms with E-state index in [0.29, 0.717) is 0 Å². The topological polar surface area (TPSA) is 55.1 Å². The monoisotopic (exact) mass is 182 g/mol. The van der Waals surface area contributed by atoms with E-state index in [9.17, 15) is 4.79 Å². The molecular formula is C9H14N2O2. The van der Waals surface area contributed by atoms with Crippen molar-refractivity contribution in [3.8, 4) is 0 Å². The average Bonchev–Trinajstić information content (AvgIpc) is 2.34. The SMILES string of the molecule is Cc1cnn([C@@H](C(=O)O)C(C)C)c1. The molecule has 0 aliphatic heterocycles. The summed E-state index contributed by atoms with van der Waals surface area (Å²) in [5, 5.41) is 12.9. The van der Waals surface area contributed by atoms with Crippen LogP contribution in [0.5, 0.6) is 0 Å². The van der Waals surface area contributed by atoms with Crippen LogP contribution in [0.2, 0.25) is 0 Å². The van der Waals surface area contributed by atoms with Crippen molar-refractivity contribution in [2.75, 3.05) is 0 Å². The largest absolute Gasteiger partial charge is 0.480 e. The molecular weight excluding hydrogens is 168 g/mol. The summed E-state index contributed by atoms with van der Waals surface area (Å²) in [6, 6.07) is -0.561. The van der Waals surface area contributed by atoms with Crippen LogP contribution in [-0.4, -0.2) is 20.9 Å². The number of carboxylic acid groups (broad SMARTS) is 1. The number of carboxylic acids is 1. The highest BCUT2D eigenvalue weighted by Gasteiger charge is 2.23. The van der Waals surface area contributed by atoms with Crippen molar-refractivity contribution in [3.63, 3.8) is 0 Å². The fraction of sp³-hybridized carbons (Fsp3) is 0.556. The first kappa shape index (κ1) is 9.77. The van der Waals surface area contributed by atoms with Gasteiger partial charge in [0, 0.05) is 6.20 Å². The Morgan fingerprint density at radius 2 is 2.23 bits per heavy atom. The van der Waals surface area contributed by atoms with E-state index in [1.165, 1.54) is 4.68 Å². The van der Waals surface area contributed by atoms with E-state index in [1.54, 1.807) is 12.4 Å². The summed E-state index contributed by atoms with van der Waals surface area (Å²) >= 11 is 0. The zero-order valence-corrected chi connectivity index (χ0v) is 8.06. The van der Waals surface area contributed by atoms with Gasteiger partial charge in [0.2, 0.25) is 0 Å². The average molecular weight is 182 g/mol. The maximum Gasteiger partial charge on any atom is 0.328 e. The van der Waals surface area contributed by atoms with Crippen molar-refractivity contribution < 1.29 is 9.90 Å². The molecule has 0 unspecified atom stereocenters. The Bertz CT molecular complexity index is 304. The van der Waals surface area contributed by atoms with Gasteiger partial charge in [-0.1, -0.05) is 13.8 Å². The molecule has 13 heavy (non-hydrogen) atoms. The molecule has 1 heterocycles. The Balaban J connectivity index is 2.95. The van der Waals surface area contributed by atoms with Gasteiger partial charge in [-0.25, -0.2) is 4.79 Å². The second kappa shape index (κ2) is 3.60. The molecule has 0 saturated carbocycles. The van der Waals surface area contributed by atoms with Crippen LogP contribution in [-0.2, 0) is 4.79 Å². The van der Waals surface area contributed by atoms with E-state index in [2.05, 4.69) is 5.10 Å². The Hall–Kier alpha value is -1.32. The van der Waals surface area contributed by atoms with Gasteiger partial charge in [0.1, 0.15) is 0 Å². The number of carbonyl (C=O) groups is 1. The summed E-state index contributed by atoms with van der Waals surface area (Å²) < 4.78 is 1.50. The minimum Gasteiger partial charge on any atom is -0.480 e. The fourth-order valence-electron chi connectivity index (χ4n) is 1.29. The normalized spacial score (nSPS) is 13.2. The van der Waals surface area contributed by atoms with Crippen molar-refractivity contribution >= 4 is 5.97 Å². The lowest BCUT2D eigenvalue weighted by Gasteiger charge is -2.16. The van der Waals surface area contributed by atoms with E-state index in [0.717, 1.165) is 5.56 Å². The van der Waals surface area contributed by atoms with Crippen LogP contribution >= 0.6 is 0 Å². The molecule has 4 nitrogen and oxygen atoms in total. The van der Waals surface area contributed by atoms with Crippen LogP contribution in [0, 0.1) is 12.8 Å². The van der Waals surface area contributed by atoms with Crippen LogP contribution in [0.3, 0.4) is 0 Å². The number of hydrogen-bond acceptors (Lipinski definition) is 2. The molecule has 0 aliphatic rings. The van der Waals surface area contributed by atoms with E-state index in [-0.39, 0.29) is 5.92 Å². The van der Waals surface area contributed by atoms with Gasteiger partial charge >= 0.3 is 5.97 Å². The second-order valence-corrected chi connectivity index (χ2v) is 3.52. The summed E-state index contributed by atoms with van der Waals surface area (Å²) in [6.07, 6.45) is 3.41. The maximum atomic E-state index is 10.9. The molecule has 1 aromatic rings. The highest BCUT2D eigenvalue weighted by molar-refractivity contribution is 5.72. The molecule has 0 aliphatic carbocycles. The molecule has 0 amide bonds. The van der Waals surface area contributed by atoms with Gasteiger partial charge in [-0.05, 0) is 18.4 Å². The third-order valence-electron chi connectivity index (χ3n) is 1.90. The predicted molar refractivity (Wildman–Crippen MR) is 48.5 cm³/mol. The third-order valence-corrected chi connectivity index (χ3v) is 1.90. The van der Waals surface area contributed by atoms with Gasteiger partial charge in [-0.3, -0.25) is 4.68 Å². The Labute approximate surface area is 77.2 Å². The van der Waals surface area contributed by atoms with Crippen LogP contribution in [0.1, 0.15) is 25.5 Å². The molecule has 0 fully saturated rings. The second-order valence-electron chi connectivity index (χ2n) is 3.52. The predicted octanol–water partition coefficient (Wildman–Crippen LogP) is 1.47. The number of hydrogen-bond donors (Lipinski definition) is 1. The molecule has 0 spiro atoms. The molecule has 1 atom stereocenters. The first-order chi connectivity index (χ1) is 6.02. The maximum absolute atomic E-state index is 10.9. The molecule has 0 aromatic carbocycles. The van der Waals surface area contributed by atoms with Gasteiger partial charge in [-0.2, -0.15) is 5.10 Å². The van der Waals surface area contributed by atoms with E-state index >= 15 is 0 Å². The molecule has 0 bridgehead atoms. The van der Waals surface area contributed by atoms with Crippen molar-refractivity contribution in [2.45, 2.75) is 26.8 Å². The number of aryl methyl sites for hydroxylation is 1. The van der Waals surface area contributed by atoms with Crippen LogP contribution in [0.15, 0.2) is 12.4 Å². The van der Waals surface area contributed by atoms with Crippen molar-refractivity contribution in [3.05, 3.63) is 18.0 Å². The lowest BCUT2D eigenvalue weighted by Crippen LogP contribution is -2.24. The minimum absolute atomic E-state index is 0.0387. The summed E-state index contributed by atoms with van der Waals surface area (Å²) in [5.74, 6) is -0.796. The van der Waals surface area contributed by atoms with Gasteiger partial charge in [0.25, 0.3) is 0 Å². The highest BCUT2D eigenvalue weighted by Crippen LogP contribution is 2.17. The minimum atomic E-state index is -0.835. The number of aliphatic carboxylic acids is 1. The first-order valence-corrected chi connectivity index (χ1v) is 4.26. The van der Waals surface area contributed by atoms with Gasteiger partial charge < -0.3 is 5.11 Å². The smallest absolute Gasteiger partial charge is 0.328 e. The molecule has 1 N–H and O–H groups in total. The summed E-state index contributed by atoms with van der Waals surface area (Å²) in [4.78, 5) is 10.9. The van der Waals surface area contributed by atoms with Gasteiger partial charge in [0.15, 0.2) is 6.04 Å². The molecule has 1 rings (SSSR count). The molecule has 72 valence electrons.